The molecule has 4 aromatic heterocycles. The van der Waals surface area contributed by atoms with Crippen molar-refractivity contribution in [1.29, 1.82) is 0 Å². The second kappa shape index (κ2) is 7.12. The van der Waals surface area contributed by atoms with Gasteiger partial charge in [-0.3, -0.25) is 14.8 Å². The summed E-state index contributed by atoms with van der Waals surface area (Å²) in [6, 6.07) is 5.30. The van der Waals surface area contributed by atoms with E-state index in [1.807, 2.05) is 13.8 Å². The van der Waals surface area contributed by atoms with E-state index in [4.69, 9.17) is 4.42 Å². The average molecular weight is 400 g/mol. The van der Waals surface area contributed by atoms with Crippen LogP contribution in [-0.4, -0.2) is 36.6 Å². The quantitative estimate of drug-likeness (QED) is 0.402. The molecule has 0 saturated carbocycles. The van der Waals surface area contributed by atoms with Crippen LogP contribution in [0, 0.1) is 6.92 Å². The number of fused-ring (bicyclic) bond motifs is 1. The van der Waals surface area contributed by atoms with Gasteiger partial charge in [-0.2, -0.15) is 5.10 Å². The highest BCUT2D eigenvalue weighted by Crippen LogP contribution is 2.29. The smallest absolute Gasteiger partial charge is 0.258 e. The van der Waals surface area contributed by atoms with Crippen LogP contribution < -0.4 is 5.32 Å². The minimum atomic E-state index is -0.282. The number of anilines is 1. The zero-order valence-corrected chi connectivity index (χ0v) is 16.5. The lowest BCUT2D eigenvalue weighted by Gasteiger charge is -2.06. The number of nitrogens with zero attached hydrogens (tertiary/aromatic N) is 5. The van der Waals surface area contributed by atoms with Gasteiger partial charge in [-0.25, -0.2) is 4.98 Å². The van der Waals surface area contributed by atoms with E-state index in [2.05, 4.69) is 25.6 Å². The number of thioether (sulfide) groups is 1. The second-order valence-electron chi connectivity index (χ2n) is 5.70. The van der Waals surface area contributed by atoms with Gasteiger partial charge in [0.2, 0.25) is 5.13 Å². The molecule has 0 atom stereocenters. The highest BCUT2D eigenvalue weighted by Gasteiger charge is 2.21. The van der Waals surface area contributed by atoms with Gasteiger partial charge in [0.1, 0.15) is 5.69 Å². The van der Waals surface area contributed by atoms with Crippen molar-refractivity contribution in [1.82, 2.24) is 25.0 Å². The van der Waals surface area contributed by atoms with Gasteiger partial charge < -0.3 is 4.42 Å². The van der Waals surface area contributed by atoms with Gasteiger partial charge in [0, 0.05) is 7.05 Å². The van der Waals surface area contributed by atoms with Crippen LogP contribution >= 0.6 is 23.1 Å². The minimum Gasteiger partial charge on any atom is -0.463 e. The third-order valence-electron chi connectivity index (χ3n) is 3.88. The Kier molecular flexibility index (Phi) is 4.66. The van der Waals surface area contributed by atoms with E-state index in [1.165, 1.54) is 11.3 Å². The average Bonchev–Trinajstić information content (AvgIpc) is 3.37. The Balaban J connectivity index is 1.77. The third-order valence-corrected chi connectivity index (χ3v) is 5.74. The van der Waals surface area contributed by atoms with E-state index in [-0.39, 0.29) is 5.91 Å². The molecule has 0 aliphatic heterocycles. The molecule has 0 unspecified atom stereocenters. The lowest BCUT2D eigenvalue weighted by atomic mass is 10.1. The van der Waals surface area contributed by atoms with Crippen LogP contribution in [0.3, 0.4) is 0 Å². The normalized spacial score (nSPS) is 11.2. The minimum absolute atomic E-state index is 0.282. The molecule has 1 N–H and O–H groups in total. The summed E-state index contributed by atoms with van der Waals surface area (Å²) in [6.45, 7) is 3.90. The monoisotopic (exact) mass is 400 g/mol. The molecule has 0 aliphatic rings. The summed E-state index contributed by atoms with van der Waals surface area (Å²) in [7, 11) is 1.80. The lowest BCUT2D eigenvalue weighted by molar-refractivity contribution is 0.102. The van der Waals surface area contributed by atoms with Crippen LogP contribution in [0.15, 0.2) is 33.2 Å². The molecule has 4 heterocycles. The standard InChI is InChI=1S/C17H16N6O2S2/c1-4-26-17-21-20-16(27-17)19-15(24)10-8-11(12-6-5-7-25-12)18-14-13(10)9(2)22-23(14)3/h5-8H,4H2,1-3H3,(H,19,20,24). The molecule has 0 bridgehead atoms. The summed E-state index contributed by atoms with van der Waals surface area (Å²) in [4.78, 5) is 17.6. The van der Waals surface area contributed by atoms with Crippen molar-refractivity contribution in [2.75, 3.05) is 11.1 Å². The van der Waals surface area contributed by atoms with E-state index >= 15 is 0 Å². The molecule has 4 rings (SSSR count). The molecule has 0 radical (unpaired) electrons. The molecule has 0 fully saturated rings. The summed E-state index contributed by atoms with van der Waals surface area (Å²) in [5.41, 5.74) is 2.39. The molecular formula is C17H16N6O2S2. The number of carbonyl (C=O) groups excluding carboxylic acids is 1. The number of hydrogen-bond donors (Lipinski definition) is 1. The Morgan fingerprint density at radius 2 is 2.26 bits per heavy atom. The van der Waals surface area contributed by atoms with Crippen LogP contribution in [0.2, 0.25) is 0 Å². The largest absolute Gasteiger partial charge is 0.463 e. The molecule has 8 nitrogen and oxygen atoms in total. The molecule has 0 saturated heterocycles. The lowest BCUT2D eigenvalue weighted by Crippen LogP contribution is -2.13. The maximum atomic E-state index is 13.0. The van der Waals surface area contributed by atoms with Gasteiger partial charge in [0.25, 0.3) is 5.91 Å². The summed E-state index contributed by atoms with van der Waals surface area (Å²) in [5, 5.41) is 16.5. The zero-order valence-electron chi connectivity index (χ0n) is 14.9. The number of amides is 1. The zero-order chi connectivity index (χ0) is 19.0. The number of nitrogens with one attached hydrogen (secondary N) is 1. The fourth-order valence-corrected chi connectivity index (χ4v) is 4.42. The van der Waals surface area contributed by atoms with Crippen molar-refractivity contribution in [3.63, 3.8) is 0 Å². The second-order valence-corrected chi connectivity index (χ2v) is 8.19. The highest BCUT2D eigenvalue weighted by molar-refractivity contribution is 8.01. The molecule has 1 amide bonds. The molecule has 4 aromatic rings. The molecule has 10 heteroatoms. The first-order valence-electron chi connectivity index (χ1n) is 8.22. The van der Waals surface area contributed by atoms with Gasteiger partial charge in [-0.05, 0) is 30.9 Å². The maximum absolute atomic E-state index is 13.0. The topological polar surface area (TPSA) is 98.7 Å². The van der Waals surface area contributed by atoms with Gasteiger partial charge >= 0.3 is 0 Å². The molecular weight excluding hydrogens is 384 g/mol. The summed E-state index contributed by atoms with van der Waals surface area (Å²) >= 11 is 2.94. The molecule has 138 valence electrons. The van der Waals surface area contributed by atoms with Crippen molar-refractivity contribution in [2.24, 2.45) is 7.05 Å². The molecule has 0 spiro atoms. The van der Waals surface area contributed by atoms with E-state index in [0.29, 0.717) is 33.2 Å². The first-order valence-corrected chi connectivity index (χ1v) is 10.0. The Hall–Kier alpha value is -2.72. The van der Waals surface area contributed by atoms with Crippen LogP contribution in [-0.2, 0) is 7.05 Å². The fraction of sp³-hybridized carbons (Fsp3) is 0.235. The number of carbonyl (C=O) groups is 1. The van der Waals surface area contributed by atoms with Crippen LogP contribution in [0.5, 0.6) is 0 Å². The SMILES string of the molecule is CCSc1nnc(NC(=O)c2cc(-c3ccco3)nc3c2c(C)nn3C)s1. The Morgan fingerprint density at radius 3 is 3.00 bits per heavy atom. The fourth-order valence-electron chi connectivity index (χ4n) is 2.78. The Bertz CT molecular complexity index is 1120. The maximum Gasteiger partial charge on any atom is 0.258 e. The van der Waals surface area contributed by atoms with Crippen molar-refractivity contribution in [2.45, 2.75) is 18.2 Å². The van der Waals surface area contributed by atoms with Crippen molar-refractivity contribution in [3.05, 3.63) is 35.7 Å². The molecule has 27 heavy (non-hydrogen) atoms. The summed E-state index contributed by atoms with van der Waals surface area (Å²) in [5.74, 6) is 1.20. The molecule has 0 aromatic carbocycles. The van der Waals surface area contributed by atoms with Gasteiger partial charge in [-0.1, -0.05) is 30.0 Å². The third kappa shape index (κ3) is 3.33. The number of pyridine rings is 1. The highest BCUT2D eigenvalue weighted by atomic mass is 32.2. The van der Waals surface area contributed by atoms with Crippen LogP contribution in [0.4, 0.5) is 5.13 Å². The molecule has 0 aliphatic carbocycles. The number of hydrogen-bond acceptors (Lipinski definition) is 8. The van der Waals surface area contributed by atoms with Crippen LogP contribution in [0.25, 0.3) is 22.5 Å². The van der Waals surface area contributed by atoms with E-state index in [0.717, 1.165) is 15.8 Å². The van der Waals surface area contributed by atoms with Gasteiger partial charge in [0.05, 0.1) is 22.9 Å². The first kappa shape index (κ1) is 17.7. The predicted octanol–water partition coefficient (Wildman–Crippen LogP) is 3.75. The Morgan fingerprint density at radius 1 is 1.41 bits per heavy atom. The van der Waals surface area contributed by atoms with Crippen molar-refractivity contribution < 1.29 is 9.21 Å². The van der Waals surface area contributed by atoms with Crippen LogP contribution in [0.1, 0.15) is 23.0 Å². The van der Waals surface area contributed by atoms with E-state index in [9.17, 15) is 4.79 Å². The van der Waals surface area contributed by atoms with Crippen molar-refractivity contribution in [3.8, 4) is 11.5 Å². The van der Waals surface area contributed by atoms with Crippen molar-refractivity contribution >= 4 is 45.2 Å². The number of furan rings is 1. The summed E-state index contributed by atoms with van der Waals surface area (Å²) < 4.78 is 7.93. The van der Waals surface area contributed by atoms with Gasteiger partial charge in [-0.15, -0.1) is 10.2 Å². The number of aromatic nitrogens is 5. The summed E-state index contributed by atoms with van der Waals surface area (Å²) in [6.07, 6.45) is 1.57. The Labute approximate surface area is 163 Å². The van der Waals surface area contributed by atoms with E-state index in [1.54, 1.807) is 48.0 Å². The van der Waals surface area contributed by atoms with E-state index < -0.39 is 0 Å². The number of rotatable bonds is 5. The predicted molar refractivity (Wildman–Crippen MR) is 105 cm³/mol. The first-order chi connectivity index (χ1) is 13.1. The number of aryl methyl sites for hydroxylation is 2. The van der Waals surface area contributed by atoms with Gasteiger partial charge in [0.15, 0.2) is 15.7 Å².